The molecule has 7 nitrogen and oxygen atoms in total. The Morgan fingerprint density at radius 1 is 1.14 bits per heavy atom. The number of hydrogen-bond acceptors (Lipinski definition) is 5. The molecule has 0 spiro atoms. The number of amides is 1. The molecule has 29 heavy (non-hydrogen) atoms. The van der Waals surface area contributed by atoms with Gasteiger partial charge in [-0.2, -0.15) is 4.31 Å². The number of methoxy groups -OCH3 is 1. The minimum absolute atomic E-state index is 0.0346. The summed E-state index contributed by atoms with van der Waals surface area (Å²) in [6.07, 6.45) is 0.147. The van der Waals surface area contributed by atoms with Crippen LogP contribution in [0, 0.1) is 5.92 Å². The van der Waals surface area contributed by atoms with Gasteiger partial charge in [0.1, 0.15) is 17.6 Å². The highest BCUT2D eigenvalue weighted by Gasteiger charge is 2.37. The smallest absolute Gasteiger partial charge is 0.243 e. The topological polar surface area (TPSA) is 98.9 Å². The van der Waals surface area contributed by atoms with Crippen LogP contribution in [-0.4, -0.2) is 44.9 Å². The van der Waals surface area contributed by atoms with Gasteiger partial charge in [0.25, 0.3) is 0 Å². The highest BCUT2D eigenvalue weighted by Crippen LogP contribution is 2.30. The van der Waals surface area contributed by atoms with Crippen molar-refractivity contribution < 1.29 is 22.7 Å². The van der Waals surface area contributed by atoms with Crippen molar-refractivity contribution in [2.24, 2.45) is 11.7 Å². The number of carbonyl (C=O) groups is 1. The van der Waals surface area contributed by atoms with Crippen LogP contribution in [0.5, 0.6) is 11.5 Å². The van der Waals surface area contributed by atoms with E-state index in [-0.39, 0.29) is 36.4 Å². The summed E-state index contributed by atoms with van der Waals surface area (Å²) in [5.74, 6) is 0.333. The van der Waals surface area contributed by atoms with Gasteiger partial charge in [-0.15, -0.1) is 0 Å². The maximum absolute atomic E-state index is 13.0. The summed E-state index contributed by atoms with van der Waals surface area (Å²) in [4.78, 5) is 11.7. The van der Waals surface area contributed by atoms with E-state index in [1.165, 1.54) is 23.5 Å². The van der Waals surface area contributed by atoms with Gasteiger partial charge in [-0.1, -0.05) is 11.6 Å². The van der Waals surface area contributed by atoms with Crippen LogP contribution in [0.25, 0.3) is 0 Å². The molecular formula is C20H23ClN2O5S. The number of ether oxygens (including phenoxy) is 2. The largest absolute Gasteiger partial charge is 0.497 e. The molecule has 1 aliphatic rings. The fourth-order valence-electron chi connectivity index (χ4n) is 3.39. The van der Waals surface area contributed by atoms with E-state index in [4.69, 9.17) is 26.8 Å². The Bertz CT molecular complexity index is 948. The summed E-state index contributed by atoms with van der Waals surface area (Å²) in [5.41, 5.74) is 5.40. The maximum atomic E-state index is 13.0. The van der Waals surface area contributed by atoms with Crippen LogP contribution in [0.4, 0.5) is 0 Å². The van der Waals surface area contributed by atoms with Crippen LogP contribution >= 0.6 is 11.6 Å². The minimum Gasteiger partial charge on any atom is -0.497 e. The molecule has 9 heteroatoms. The normalized spacial score (nSPS) is 20.2. The van der Waals surface area contributed by atoms with Crippen LogP contribution in [0.15, 0.2) is 53.4 Å². The molecule has 2 N–H and O–H groups in total. The molecule has 1 fully saturated rings. The van der Waals surface area contributed by atoms with Crippen LogP contribution < -0.4 is 15.2 Å². The van der Waals surface area contributed by atoms with Crippen molar-refractivity contribution in [2.45, 2.75) is 23.8 Å². The van der Waals surface area contributed by atoms with Crippen molar-refractivity contribution in [2.75, 3.05) is 20.2 Å². The summed E-state index contributed by atoms with van der Waals surface area (Å²) in [6.45, 7) is 0.428. The number of carbonyl (C=O) groups excluding carboxylic acids is 1. The van der Waals surface area contributed by atoms with E-state index in [1.807, 2.05) is 0 Å². The van der Waals surface area contributed by atoms with E-state index >= 15 is 0 Å². The predicted octanol–water partition coefficient (Wildman–Crippen LogP) is 2.68. The highest BCUT2D eigenvalue weighted by molar-refractivity contribution is 7.89. The number of rotatable bonds is 7. The molecule has 0 aromatic heterocycles. The van der Waals surface area contributed by atoms with Gasteiger partial charge in [-0.3, -0.25) is 4.79 Å². The van der Waals surface area contributed by atoms with E-state index in [2.05, 4.69) is 0 Å². The Balaban J connectivity index is 1.77. The number of piperidine rings is 1. The first-order valence-electron chi connectivity index (χ1n) is 9.14. The highest BCUT2D eigenvalue weighted by atomic mass is 35.5. The predicted molar refractivity (Wildman–Crippen MR) is 110 cm³/mol. The fraction of sp³-hybridized carbons (Fsp3) is 0.350. The Morgan fingerprint density at radius 2 is 1.76 bits per heavy atom. The van der Waals surface area contributed by atoms with Gasteiger partial charge in [0.05, 0.1) is 12.0 Å². The zero-order valence-corrected chi connectivity index (χ0v) is 17.5. The van der Waals surface area contributed by atoms with Gasteiger partial charge < -0.3 is 15.2 Å². The third-order valence-electron chi connectivity index (χ3n) is 4.89. The van der Waals surface area contributed by atoms with Gasteiger partial charge in [0.2, 0.25) is 15.9 Å². The fourth-order valence-corrected chi connectivity index (χ4v) is 5.03. The van der Waals surface area contributed by atoms with Gasteiger partial charge in [-0.25, -0.2) is 8.42 Å². The van der Waals surface area contributed by atoms with Crippen molar-refractivity contribution >= 4 is 27.5 Å². The average Bonchev–Trinajstić information content (AvgIpc) is 2.70. The lowest BCUT2D eigenvalue weighted by molar-refractivity contribution is -0.120. The second kappa shape index (κ2) is 9.02. The molecule has 2 aromatic carbocycles. The molecule has 0 bridgehead atoms. The van der Waals surface area contributed by atoms with Crippen molar-refractivity contribution in [1.82, 2.24) is 4.31 Å². The molecule has 0 radical (unpaired) electrons. The maximum Gasteiger partial charge on any atom is 0.243 e. The zero-order chi connectivity index (χ0) is 21.0. The number of halogens is 1. The summed E-state index contributed by atoms with van der Waals surface area (Å²) >= 11 is 5.90. The number of hydrogen-bond donors (Lipinski definition) is 1. The molecule has 1 heterocycles. The van der Waals surface area contributed by atoms with E-state index in [1.54, 1.807) is 36.4 Å². The van der Waals surface area contributed by atoms with Gasteiger partial charge in [0.15, 0.2) is 0 Å². The Labute approximate surface area is 175 Å². The third-order valence-corrected chi connectivity index (χ3v) is 7.02. The lowest BCUT2D eigenvalue weighted by atomic mass is 9.92. The van der Waals surface area contributed by atoms with Gasteiger partial charge >= 0.3 is 0 Å². The second-order valence-electron chi connectivity index (χ2n) is 6.87. The monoisotopic (exact) mass is 438 g/mol. The average molecular weight is 439 g/mol. The first-order valence-corrected chi connectivity index (χ1v) is 11.0. The zero-order valence-electron chi connectivity index (χ0n) is 16.0. The summed E-state index contributed by atoms with van der Waals surface area (Å²) in [7, 11) is -2.19. The van der Waals surface area contributed by atoms with Crippen LogP contribution in [0.2, 0.25) is 5.02 Å². The Hall–Kier alpha value is -2.29. The molecule has 0 aliphatic carbocycles. The molecule has 3 rings (SSSR count). The molecule has 156 valence electrons. The molecule has 2 atom stereocenters. The van der Waals surface area contributed by atoms with E-state index in [0.29, 0.717) is 22.9 Å². The van der Waals surface area contributed by atoms with Crippen LogP contribution in [0.3, 0.4) is 0 Å². The number of nitrogens with zero attached hydrogens (tertiary/aromatic N) is 1. The molecule has 1 aliphatic heterocycles. The SMILES string of the molecule is COc1ccc(S(=O)(=O)N2CC[C@H](Oc3ccc(Cl)cc3)[C@@H](CC(N)=O)C2)cc1. The minimum atomic E-state index is -3.70. The summed E-state index contributed by atoms with van der Waals surface area (Å²) in [6, 6.07) is 13.1. The van der Waals surface area contributed by atoms with Crippen molar-refractivity contribution in [1.29, 1.82) is 0 Å². The first-order chi connectivity index (χ1) is 13.8. The first kappa shape index (κ1) is 21.4. The molecule has 1 amide bonds. The number of sulfonamides is 1. The second-order valence-corrected chi connectivity index (χ2v) is 9.24. The molecular weight excluding hydrogens is 416 g/mol. The van der Waals surface area contributed by atoms with Crippen LogP contribution in [0.1, 0.15) is 12.8 Å². The lowest BCUT2D eigenvalue weighted by Crippen LogP contribution is -2.48. The number of nitrogens with two attached hydrogens (primary N) is 1. The summed E-state index contributed by atoms with van der Waals surface area (Å²) < 4.78 is 38.5. The Kier molecular flexibility index (Phi) is 6.66. The van der Waals surface area contributed by atoms with Gasteiger partial charge in [-0.05, 0) is 55.0 Å². The molecule has 0 saturated carbocycles. The number of primary amides is 1. The number of benzene rings is 2. The van der Waals surface area contributed by atoms with E-state index in [0.717, 1.165) is 0 Å². The van der Waals surface area contributed by atoms with Crippen LogP contribution in [-0.2, 0) is 14.8 Å². The molecule has 1 saturated heterocycles. The van der Waals surface area contributed by atoms with Crippen molar-refractivity contribution in [3.8, 4) is 11.5 Å². The summed E-state index contributed by atoms with van der Waals surface area (Å²) in [5, 5.41) is 0.589. The standard InChI is InChI=1S/C20H23ClN2O5S/c1-27-16-6-8-18(9-7-16)29(25,26)23-11-10-19(14(13-23)12-20(22)24)28-17-4-2-15(21)3-5-17/h2-9,14,19H,10-13H2,1H3,(H2,22,24)/t14-,19-/m0/s1. The Morgan fingerprint density at radius 3 is 2.34 bits per heavy atom. The van der Waals surface area contributed by atoms with Gasteiger partial charge in [0, 0.05) is 30.5 Å². The third kappa shape index (κ3) is 5.20. The van der Waals surface area contributed by atoms with E-state index in [9.17, 15) is 13.2 Å². The molecule has 0 unspecified atom stereocenters. The van der Waals surface area contributed by atoms with Crippen molar-refractivity contribution in [3.05, 3.63) is 53.6 Å². The quantitative estimate of drug-likeness (QED) is 0.716. The van der Waals surface area contributed by atoms with E-state index < -0.39 is 15.9 Å². The van der Waals surface area contributed by atoms with Crippen molar-refractivity contribution in [3.63, 3.8) is 0 Å². The lowest BCUT2D eigenvalue weighted by Gasteiger charge is -2.37. The molecule has 2 aromatic rings.